The first-order chi connectivity index (χ1) is 7.86. The molecule has 1 fully saturated rings. The minimum Gasteiger partial charge on any atom is -0.385 e. The molecule has 3 amide bonds. The fourth-order valence-corrected chi connectivity index (χ4v) is 1.92. The maximum Gasteiger partial charge on any atom is 0.322 e. The summed E-state index contributed by atoms with van der Waals surface area (Å²) in [5.74, 6) is -0.153. The molecule has 3 N–H and O–H groups in total. The summed E-state index contributed by atoms with van der Waals surface area (Å²) >= 11 is 0. The van der Waals surface area contributed by atoms with Crippen molar-refractivity contribution in [2.24, 2.45) is 0 Å². The third kappa shape index (κ3) is 1.59. The second-order valence-electron chi connectivity index (χ2n) is 4.25. The molecule has 2 heterocycles. The summed E-state index contributed by atoms with van der Waals surface area (Å²) in [4.78, 5) is 22.8. The van der Waals surface area contributed by atoms with Gasteiger partial charge in [0.15, 0.2) is 0 Å². The number of nitrogens with zero attached hydrogens (tertiary/aromatic N) is 1. The topological polar surface area (TPSA) is 104 Å². The van der Waals surface area contributed by atoms with E-state index in [2.05, 4.69) is 15.8 Å². The Bertz CT molecular complexity index is 476. The van der Waals surface area contributed by atoms with Crippen LogP contribution in [0.3, 0.4) is 0 Å². The summed E-state index contributed by atoms with van der Waals surface area (Å²) in [6.45, 7) is 4.74. The van der Waals surface area contributed by atoms with Crippen molar-refractivity contribution >= 4 is 11.9 Å². The van der Waals surface area contributed by atoms with E-state index in [0.717, 1.165) is 0 Å². The molecule has 2 unspecified atom stereocenters. The van der Waals surface area contributed by atoms with E-state index in [1.165, 1.54) is 6.92 Å². The van der Waals surface area contributed by atoms with Gasteiger partial charge in [0.05, 0.1) is 5.69 Å². The van der Waals surface area contributed by atoms with Crippen LogP contribution in [0, 0.1) is 13.8 Å². The number of aliphatic hydroxyl groups is 1. The van der Waals surface area contributed by atoms with Crippen molar-refractivity contribution in [3.05, 3.63) is 17.0 Å². The minimum atomic E-state index is -1.40. The summed E-state index contributed by atoms with van der Waals surface area (Å²) in [6.07, 6.45) is -1.21. The third-order valence-corrected chi connectivity index (χ3v) is 2.98. The number of hydrogen-bond acceptors (Lipinski definition) is 5. The van der Waals surface area contributed by atoms with Gasteiger partial charge in [-0.15, -0.1) is 0 Å². The Morgan fingerprint density at radius 2 is 2.06 bits per heavy atom. The number of aryl methyl sites for hydroxylation is 2. The number of carbonyl (C=O) groups is 2. The van der Waals surface area contributed by atoms with Gasteiger partial charge in [-0.3, -0.25) is 10.1 Å². The van der Waals surface area contributed by atoms with Gasteiger partial charge in [0, 0.05) is 5.56 Å². The van der Waals surface area contributed by atoms with Crippen molar-refractivity contribution in [2.45, 2.75) is 32.4 Å². The van der Waals surface area contributed by atoms with Crippen molar-refractivity contribution in [3.63, 3.8) is 0 Å². The van der Waals surface area contributed by atoms with E-state index in [0.29, 0.717) is 17.0 Å². The van der Waals surface area contributed by atoms with Crippen molar-refractivity contribution in [2.75, 3.05) is 0 Å². The van der Waals surface area contributed by atoms with Gasteiger partial charge in [0.2, 0.25) is 0 Å². The summed E-state index contributed by atoms with van der Waals surface area (Å²) in [5.41, 5.74) is -0.493. The largest absolute Gasteiger partial charge is 0.385 e. The maximum atomic E-state index is 11.7. The molecule has 2 rings (SSSR count). The molecular formula is C10H13N3O4. The first-order valence-corrected chi connectivity index (χ1v) is 5.10. The molecule has 7 heteroatoms. The molecule has 17 heavy (non-hydrogen) atoms. The molecule has 0 radical (unpaired) electrons. The second kappa shape index (κ2) is 3.56. The number of nitrogens with one attached hydrogen (secondary N) is 2. The number of rotatable bonds is 2. The van der Waals surface area contributed by atoms with Crippen LogP contribution in [0.5, 0.6) is 0 Å². The van der Waals surface area contributed by atoms with E-state index in [4.69, 9.17) is 4.52 Å². The molecule has 92 valence electrons. The molecule has 0 bridgehead atoms. The molecule has 1 saturated heterocycles. The number of aliphatic hydroxyl groups excluding tert-OH is 1. The van der Waals surface area contributed by atoms with Gasteiger partial charge < -0.3 is 14.9 Å². The first kappa shape index (κ1) is 11.6. The highest BCUT2D eigenvalue weighted by Crippen LogP contribution is 2.32. The van der Waals surface area contributed by atoms with E-state index in [-0.39, 0.29) is 0 Å². The lowest BCUT2D eigenvalue weighted by molar-refractivity contribution is -0.127. The highest BCUT2D eigenvalue weighted by Gasteiger charge is 2.49. The monoisotopic (exact) mass is 239 g/mol. The van der Waals surface area contributed by atoms with Crippen LogP contribution in [0.25, 0.3) is 0 Å². The van der Waals surface area contributed by atoms with Gasteiger partial charge in [-0.1, -0.05) is 5.16 Å². The molecule has 7 nitrogen and oxygen atoms in total. The van der Waals surface area contributed by atoms with Crippen LogP contribution in [0.15, 0.2) is 4.52 Å². The van der Waals surface area contributed by atoms with Crippen molar-refractivity contribution in [1.29, 1.82) is 0 Å². The zero-order valence-corrected chi connectivity index (χ0v) is 9.70. The van der Waals surface area contributed by atoms with Crippen LogP contribution in [0.1, 0.15) is 30.0 Å². The highest BCUT2D eigenvalue weighted by molar-refractivity contribution is 6.07. The number of urea groups is 1. The van der Waals surface area contributed by atoms with E-state index in [9.17, 15) is 14.7 Å². The molecule has 1 aromatic rings. The molecular weight excluding hydrogens is 226 g/mol. The van der Waals surface area contributed by atoms with Crippen molar-refractivity contribution < 1.29 is 19.2 Å². The van der Waals surface area contributed by atoms with Crippen LogP contribution >= 0.6 is 0 Å². The Labute approximate surface area is 97.2 Å². The predicted molar refractivity (Wildman–Crippen MR) is 56.0 cm³/mol. The summed E-state index contributed by atoms with van der Waals surface area (Å²) in [5, 5.41) is 18.4. The van der Waals surface area contributed by atoms with E-state index in [1.807, 2.05) is 0 Å². The summed E-state index contributed by atoms with van der Waals surface area (Å²) < 4.78 is 4.93. The molecule has 1 aromatic heterocycles. The molecule has 0 saturated carbocycles. The Hall–Kier alpha value is -1.89. The fraction of sp³-hybridized carbons (Fsp3) is 0.500. The van der Waals surface area contributed by atoms with Crippen LogP contribution < -0.4 is 10.6 Å². The van der Waals surface area contributed by atoms with Crippen molar-refractivity contribution in [3.8, 4) is 0 Å². The van der Waals surface area contributed by atoms with Gasteiger partial charge in [-0.25, -0.2) is 4.79 Å². The lowest BCUT2D eigenvalue weighted by Crippen LogP contribution is -2.49. The lowest BCUT2D eigenvalue weighted by atomic mass is 9.88. The van der Waals surface area contributed by atoms with Crippen LogP contribution in [0.4, 0.5) is 4.79 Å². The maximum absolute atomic E-state index is 11.7. The number of imide groups is 1. The van der Waals surface area contributed by atoms with E-state index in [1.54, 1.807) is 13.8 Å². The Balaban J connectivity index is 2.41. The van der Waals surface area contributed by atoms with Gasteiger partial charge >= 0.3 is 6.03 Å². The third-order valence-electron chi connectivity index (χ3n) is 2.98. The zero-order valence-electron chi connectivity index (χ0n) is 9.70. The molecule has 0 aromatic carbocycles. The van der Waals surface area contributed by atoms with Gasteiger partial charge in [-0.2, -0.15) is 0 Å². The molecule has 0 aliphatic carbocycles. The highest BCUT2D eigenvalue weighted by atomic mass is 16.5. The Morgan fingerprint density at radius 3 is 2.47 bits per heavy atom. The molecule has 1 aliphatic heterocycles. The van der Waals surface area contributed by atoms with Crippen LogP contribution in [-0.4, -0.2) is 27.7 Å². The van der Waals surface area contributed by atoms with Gasteiger partial charge in [-0.05, 0) is 20.8 Å². The first-order valence-electron chi connectivity index (χ1n) is 5.10. The van der Waals surface area contributed by atoms with Gasteiger partial charge in [0.25, 0.3) is 5.91 Å². The SMILES string of the molecule is Cc1noc(C)c1C(O)C1(C)NC(=O)NC1=O. The molecule has 0 spiro atoms. The quantitative estimate of drug-likeness (QED) is 0.626. The average molecular weight is 239 g/mol. The lowest BCUT2D eigenvalue weighted by Gasteiger charge is -2.26. The zero-order chi connectivity index (χ0) is 12.8. The molecule has 2 atom stereocenters. The normalized spacial score (nSPS) is 25.6. The van der Waals surface area contributed by atoms with Gasteiger partial charge in [0.1, 0.15) is 17.4 Å². The smallest absolute Gasteiger partial charge is 0.322 e. The fourth-order valence-electron chi connectivity index (χ4n) is 1.92. The Kier molecular flexibility index (Phi) is 2.43. The summed E-state index contributed by atoms with van der Waals surface area (Å²) in [6, 6.07) is -0.622. The standard InChI is InChI=1S/C10H13N3O4/c1-4-6(5(2)17-13-4)7(14)10(3)8(15)11-9(16)12-10/h7,14H,1-3H3,(H2,11,12,15,16). The minimum absolute atomic E-state index is 0.421. The van der Waals surface area contributed by atoms with E-state index < -0.39 is 23.6 Å². The van der Waals surface area contributed by atoms with Crippen LogP contribution in [-0.2, 0) is 4.79 Å². The predicted octanol–water partition coefficient (Wildman–Crippen LogP) is -0.0771. The average Bonchev–Trinajstić information content (AvgIpc) is 2.69. The number of hydrogen-bond donors (Lipinski definition) is 3. The summed E-state index contributed by atoms with van der Waals surface area (Å²) in [7, 11) is 0. The molecule has 1 aliphatic rings. The van der Waals surface area contributed by atoms with Crippen LogP contribution in [0.2, 0.25) is 0 Å². The number of aromatic nitrogens is 1. The Morgan fingerprint density at radius 1 is 1.41 bits per heavy atom. The van der Waals surface area contributed by atoms with E-state index >= 15 is 0 Å². The number of carbonyl (C=O) groups excluding carboxylic acids is 2. The second-order valence-corrected chi connectivity index (χ2v) is 4.25. The van der Waals surface area contributed by atoms with Crippen molar-refractivity contribution in [1.82, 2.24) is 15.8 Å². The number of amides is 3.